The maximum atomic E-state index is 12.2. The molecule has 0 fully saturated rings. The molecule has 3 heterocycles. The highest BCUT2D eigenvalue weighted by molar-refractivity contribution is 7.21. The number of hydrogen-bond donors (Lipinski definition) is 3. The smallest absolute Gasteiger partial charge is 0.261 e. The lowest BCUT2D eigenvalue weighted by atomic mass is 10.2. The van der Waals surface area contributed by atoms with Crippen LogP contribution in [-0.4, -0.2) is 27.4 Å². The second kappa shape index (κ2) is 6.52. The summed E-state index contributed by atoms with van der Waals surface area (Å²) in [7, 11) is 0. The molecule has 0 aliphatic rings. The standard InChI is InChI=1S/C18H17N5OS/c1-2-6-20-18(24)15-9-14-16(25-15)17(22-10-21-14)23-12-3-4-13-11(8-12)5-7-19-13/h3-5,7-10,19H,2,6H2,1H3,(H,20,24)(H,21,22,23). The third-order valence-electron chi connectivity index (χ3n) is 3.89. The van der Waals surface area contributed by atoms with Crippen molar-refractivity contribution in [3.63, 3.8) is 0 Å². The number of H-pyrrole nitrogens is 1. The van der Waals surface area contributed by atoms with Crippen LogP contribution in [0.25, 0.3) is 21.1 Å². The van der Waals surface area contributed by atoms with E-state index in [1.807, 2.05) is 37.4 Å². The summed E-state index contributed by atoms with van der Waals surface area (Å²) in [6.07, 6.45) is 4.34. The first-order chi connectivity index (χ1) is 12.2. The number of benzene rings is 1. The number of aromatic amines is 1. The summed E-state index contributed by atoms with van der Waals surface area (Å²) >= 11 is 1.40. The van der Waals surface area contributed by atoms with E-state index in [2.05, 4.69) is 31.7 Å². The van der Waals surface area contributed by atoms with Gasteiger partial charge in [-0.25, -0.2) is 9.97 Å². The van der Waals surface area contributed by atoms with Crippen molar-refractivity contribution in [1.82, 2.24) is 20.3 Å². The molecule has 4 rings (SSSR count). The molecule has 0 saturated carbocycles. The lowest BCUT2D eigenvalue weighted by molar-refractivity contribution is 0.0958. The number of thiophene rings is 1. The van der Waals surface area contributed by atoms with Gasteiger partial charge in [-0.3, -0.25) is 4.79 Å². The third kappa shape index (κ3) is 3.06. The Morgan fingerprint density at radius 2 is 2.16 bits per heavy atom. The number of anilines is 2. The minimum atomic E-state index is -0.0652. The zero-order chi connectivity index (χ0) is 17.2. The first-order valence-electron chi connectivity index (χ1n) is 8.11. The largest absolute Gasteiger partial charge is 0.361 e. The van der Waals surface area contributed by atoms with Gasteiger partial charge in [0, 0.05) is 29.3 Å². The van der Waals surface area contributed by atoms with E-state index in [-0.39, 0.29) is 5.91 Å². The molecular formula is C18H17N5OS. The number of aromatic nitrogens is 3. The molecule has 7 heteroatoms. The molecule has 0 bridgehead atoms. The molecule has 25 heavy (non-hydrogen) atoms. The molecule has 3 N–H and O–H groups in total. The Labute approximate surface area is 148 Å². The maximum Gasteiger partial charge on any atom is 0.261 e. The van der Waals surface area contributed by atoms with Gasteiger partial charge in [-0.05, 0) is 36.8 Å². The van der Waals surface area contributed by atoms with Gasteiger partial charge in [0.2, 0.25) is 0 Å². The van der Waals surface area contributed by atoms with Crippen LogP contribution in [0.1, 0.15) is 23.0 Å². The predicted molar refractivity (Wildman–Crippen MR) is 102 cm³/mol. The Balaban J connectivity index is 1.66. The molecule has 0 radical (unpaired) electrons. The fourth-order valence-electron chi connectivity index (χ4n) is 2.65. The van der Waals surface area contributed by atoms with Crippen molar-refractivity contribution in [2.75, 3.05) is 11.9 Å². The van der Waals surface area contributed by atoms with Gasteiger partial charge in [-0.1, -0.05) is 6.92 Å². The zero-order valence-corrected chi connectivity index (χ0v) is 14.5. The summed E-state index contributed by atoms with van der Waals surface area (Å²) < 4.78 is 0.873. The highest BCUT2D eigenvalue weighted by Crippen LogP contribution is 2.31. The van der Waals surface area contributed by atoms with E-state index in [0.29, 0.717) is 17.2 Å². The normalized spacial score (nSPS) is 11.1. The van der Waals surface area contributed by atoms with Gasteiger partial charge in [0.15, 0.2) is 5.82 Å². The van der Waals surface area contributed by atoms with E-state index in [1.165, 1.54) is 17.7 Å². The van der Waals surface area contributed by atoms with Crippen LogP contribution in [0.3, 0.4) is 0 Å². The van der Waals surface area contributed by atoms with E-state index in [4.69, 9.17) is 0 Å². The van der Waals surface area contributed by atoms with Gasteiger partial charge >= 0.3 is 0 Å². The highest BCUT2D eigenvalue weighted by atomic mass is 32.1. The summed E-state index contributed by atoms with van der Waals surface area (Å²) in [5, 5.41) is 7.36. The minimum absolute atomic E-state index is 0.0652. The third-order valence-corrected chi connectivity index (χ3v) is 5.02. The molecular weight excluding hydrogens is 334 g/mol. The number of hydrogen-bond acceptors (Lipinski definition) is 5. The number of carbonyl (C=O) groups is 1. The van der Waals surface area contributed by atoms with Crippen molar-refractivity contribution in [1.29, 1.82) is 0 Å². The molecule has 0 atom stereocenters. The van der Waals surface area contributed by atoms with Crippen molar-refractivity contribution < 1.29 is 4.79 Å². The van der Waals surface area contributed by atoms with Gasteiger partial charge in [0.25, 0.3) is 5.91 Å². The van der Waals surface area contributed by atoms with Gasteiger partial charge in [-0.15, -0.1) is 11.3 Å². The Hall–Kier alpha value is -2.93. The van der Waals surface area contributed by atoms with E-state index >= 15 is 0 Å². The van der Waals surface area contributed by atoms with Crippen LogP contribution in [-0.2, 0) is 0 Å². The van der Waals surface area contributed by atoms with Crippen LogP contribution < -0.4 is 10.6 Å². The molecule has 0 aliphatic heterocycles. The van der Waals surface area contributed by atoms with E-state index < -0.39 is 0 Å². The van der Waals surface area contributed by atoms with Gasteiger partial charge < -0.3 is 15.6 Å². The number of nitrogens with one attached hydrogen (secondary N) is 3. The second-order valence-corrected chi connectivity index (χ2v) is 6.76. The molecule has 0 saturated heterocycles. The Kier molecular flexibility index (Phi) is 4.07. The fraction of sp³-hybridized carbons (Fsp3) is 0.167. The molecule has 1 amide bonds. The number of carbonyl (C=O) groups excluding carboxylic acids is 1. The van der Waals surface area contributed by atoms with Crippen LogP contribution in [0.5, 0.6) is 0 Å². The van der Waals surface area contributed by atoms with E-state index in [1.54, 1.807) is 0 Å². The second-order valence-electron chi connectivity index (χ2n) is 5.71. The fourth-order valence-corrected chi connectivity index (χ4v) is 3.62. The topological polar surface area (TPSA) is 82.7 Å². The van der Waals surface area contributed by atoms with Gasteiger partial charge in [0.05, 0.1) is 15.1 Å². The molecule has 4 aromatic rings. The summed E-state index contributed by atoms with van der Waals surface area (Å²) in [6, 6.07) is 9.91. The van der Waals surface area contributed by atoms with Crippen molar-refractivity contribution >= 4 is 49.9 Å². The van der Waals surface area contributed by atoms with Crippen LogP contribution >= 0.6 is 11.3 Å². The molecule has 0 aliphatic carbocycles. The maximum absolute atomic E-state index is 12.2. The van der Waals surface area contributed by atoms with Gasteiger partial charge in [-0.2, -0.15) is 0 Å². The Bertz CT molecular complexity index is 1050. The average Bonchev–Trinajstić information content (AvgIpc) is 3.26. The first-order valence-corrected chi connectivity index (χ1v) is 8.93. The molecule has 0 unspecified atom stereocenters. The van der Waals surface area contributed by atoms with E-state index in [0.717, 1.165) is 33.2 Å². The summed E-state index contributed by atoms with van der Waals surface area (Å²) in [6.45, 7) is 2.70. The van der Waals surface area contributed by atoms with Crippen LogP contribution in [0, 0.1) is 0 Å². The Morgan fingerprint density at radius 3 is 3.04 bits per heavy atom. The van der Waals surface area contributed by atoms with Crippen LogP contribution in [0.15, 0.2) is 42.9 Å². The molecule has 0 spiro atoms. The highest BCUT2D eigenvalue weighted by Gasteiger charge is 2.14. The quantitative estimate of drug-likeness (QED) is 0.506. The van der Waals surface area contributed by atoms with Gasteiger partial charge in [0.1, 0.15) is 6.33 Å². The van der Waals surface area contributed by atoms with Crippen LogP contribution in [0.4, 0.5) is 11.5 Å². The van der Waals surface area contributed by atoms with Crippen molar-refractivity contribution in [2.24, 2.45) is 0 Å². The number of nitrogens with zero attached hydrogens (tertiary/aromatic N) is 2. The summed E-state index contributed by atoms with van der Waals surface area (Å²) in [5.41, 5.74) is 2.80. The average molecular weight is 351 g/mol. The molecule has 6 nitrogen and oxygen atoms in total. The van der Waals surface area contributed by atoms with Crippen molar-refractivity contribution in [2.45, 2.75) is 13.3 Å². The summed E-state index contributed by atoms with van der Waals surface area (Å²) in [4.78, 5) is 24.6. The minimum Gasteiger partial charge on any atom is -0.361 e. The van der Waals surface area contributed by atoms with Crippen molar-refractivity contribution in [3.8, 4) is 0 Å². The lowest BCUT2D eigenvalue weighted by Gasteiger charge is -2.06. The zero-order valence-electron chi connectivity index (χ0n) is 13.7. The predicted octanol–water partition coefficient (Wildman–Crippen LogP) is 4.06. The summed E-state index contributed by atoms with van der Waals surface area (Å²) in [5.74, 6) is 0.643. The van der Waals surface area contributed by atoms with Crippen molar-refractivity contribution in [3.05, 3.63) is 47.7 Å². The van der Waals surface area contributed by atoms with Crippen LogP contribution in [0.2, 0.25) is 0 Å². The number of rotatable bonds is 5. The number of amides is 1. The monoisotopic (exact) mass is 351 g/mol. The Morgan fingerprint density at radius 1 is 1.24 bits per heavy atom. The van der Waals surface area contributed by atoms with E-state index in [9.17, 15) is 4.79 Å². The SMILES string of the molecule is CCCNC(=O)c1cc2ncnc(Nc3ccc4[nH]ccc4c3)c2s1. The molecule has 126 valence electrons. The number of fused-ring (bicyclic) bond motifs is 2. The molecule has 3 aromatic heterocycles. The lowest BCUT2D eigenvalue weighted by Crippen LogP contribution is -2.22. The first kappa shape index (κ1) is 15.6. The molecule has 1 aromatic carbocycles.